The molecule has 1 saturated heterocycles. The Labute approximate surface area is 131 Å². The van der Waals surface area contributed by atoms with Crippen molar-refractivity contribution in [3.05, 3.63) is 0 Å². The van der Waals surface area contributed by atoms with E-state index in [-0.39, 0.29) is 11.2 Å². The van der Waals surface area contributed by atoms with Gasteiger partial charge < -0.3 is 14.8 Å². The van der Waals surface area contributed by atoms with Crippen LogP contribution in [0.4, 0.5) is 0 Å². The van der Waals surface area contributed by atoms with E-state index in [1.54, 1.807) is 0 Å². The molecule has 0 aromatic rings. The fourth-order valence-corrected chi connectivity index (χ4v) is 4.56. The third kappa shape index (κ3) is 4.20. The zero-order valence-electron chi connectivity index (χ0n) is 14.5. The lowest BCUT2D eigenvalue weighted by Crippen LogP contribution is -2.56. The van der Waals surface area contributed by atoms with Crippen LogP contribution in [0, 0.1) is 5.92 Å². The predicted molar refractivity (Wildman–Crippen MR) is 87.7 cm³/mol. The number of rotatable bonds is 6. The molecule has 1 saturated carbocycles. The zero-order chi connectivity index (χ0) is 15.3. The van der Waals surface area contributed by atoms with Crippen LogP contribution in [0.3, 0.4) is 0 Å². The summed E-state index contributed by atoms with van der Waals surface area (Å²) in [5, 5.41) is 3.72. The Kier molecular flexibility index (Phi) is 6.10. The molecule has 3 nitrogen and oxygen atoms in total. The first-order valence-electron chi connectivity index (χ1n) is 9.04. The maximum absolute atomic E-state index is 6.27. The van der Waals surface area contributed by atoms with Crippen molar-refractivity contribution < 1.29 is 9.47 Å². The number of nitrogens with one attached hydrogen (secondary N) is 1. The molecule has 124 valence electrons. The lowest BCUT2D eigenvalue weighted by Gasteiger charge is -2.48. The Morgan fingerprint density at radius 3 is 2.57 bits per heavy atom. The minimum atomic E-state index is -0.109. The maximum Gasteiger partial charge on any atom is 0.0781 e. The summed E-state index contributed by atoms with van der Waals surface area (Å²) in [6, 6.07) is 0.421. The van der Waals surface area contributed by atoms with Crippen molar-refractivity contribution >= 4 is 0 Å². The molecule has 1 heterocycles. The first kappa shape index (κ1) is 17.2. The monoisotopic (exact) mass is 297 g/mol. The Morgan fingerprint density at radius 2 is 1.95 bits per heavy atom. The molecule has 2 fully saturated rings. The molecule has 2 unspecified atom stereocenters. The van der Waals surface area contributed by atoms with Gasteiger partial charge in [0.15, 0.2) is 0 Å². The van der Waals surface area contributed by atoms with Crippen LogP contribution in [0.25, 0.3) is 0 Å². The SMILES string of the molecule is CCNC(C1CCOC2(CCCCC2)C1)C(C)(C)OCC. The quantitative estimate of drug-likeness (QED) is 0.806. The third-order valence-corrected chi connectivity index (χ3v) is 5.46. The van der Waals surface area contributed by atoms with Gasteiger partial charge in [-0.25, -0.2) is 0 Å². The molecular weight excluding hydrogens is 262 g/mol. The van der Waals surface area contributed by atoms with Gasteiger partial charge in [0.05, 0.1) is 11.2 Å². The van der Waals surface area contributed by atoms with Crippen molar-refractivity contribution in [2.24, 2.45) is 5.92 Å². The minimum Gasteiger partial charge on any atom is -0.375 e. The number of likely N-dealkylation sites (N-methyl/N-ethyl adjacent to an activating group) is 1. The molecular formula is C18H35NO2. The molecule has 2 atom stereocenters. The fraction of sp³-hybridized carbons (Fsp3) is 1.00. The molecule has 1 N–H and O–H groups in total. The second-order valence-corrected chi connectivity index (χ2v) is 7.42. The van der Waals surface area contributed by atoms with Crippen molar-refractivity contribution in [3.8, 4) is 0 Å². The van der Waals surface area contributed by atoms with Gasteiger partial charge in [-0.15, -0.1) is 0 Å². The van der Waals surface area contributed by atoms with Crippen molar-refractivity contribution in [1.29, 1.82) is 0 Å². The highest BCUT2D eigenvalue weighted by Crippen LogP contribution is 2.43. The van der Waals surface area contributed by atoms with E-state index in [0.29, 0.717) is 12.0 Å². The summed E-state index contributed by atoms with van der Waals surface area (Å²) in [4.78, 5) is 0. The molecule has 21 heavy (non-hydrogen) atoms. The predicted octanol–water partition coefficient (Wildman–Crippen LogP) is 3.91. The lowest BCUT2D eigenvalue weighted by atomic mass is 9.71. The van der Waals surface area contributed by atoms with E-state index in [4.69, 9.17) is 9.47 Å². The van der Waals surface area contributed by atoms with Crippen LogP contribution in [0.1, 0.15) is 72.6 Å². The van der Waals surface area contributed by atoms with Gasteiger partial charge in [0, 0.05) is 19.3 Å². The third-order valence-electron chi connectivity index (χ3n) is 5.46. The van der Waals surface area contributed by atoms with E-state index in [1.807, 2.05) is 0 Å². The Morgan fingerprint density at radius 1 is 1.24 bits per heavy atom. The van der Waals surface area contributed by atoms with Crippen LogP contribution < -0.4 is 5.32 Å². The van der Waals surface area contributed by atoms with Gasteiger partial charge in [-0.1, -0.05) is 26.2 Å². The highest BCUT2D eigenvalue weighted by molar-refractivity contribution is 4.98. The van der Waals surface area contributed by atoms with Gasteiger partial charge in [-0.05, 0) is 58.9 Å². The lowest BCUT2D eigenvalue weighted by molar-refractivity contribution is -0.139. The van der Waals surface area contributed by atoms with E-state index in [0.717, 1.165) is 26.2 Å². The molecule has 0 amide bonds. The molecule has 0 bridgehead atoms. The largest absolute Gasteiger partial charge is 0.375 e. The molecule has 0 aromatic heterocycles. The smallest absolute Gasteiger partial charge is 0.0781 e. The highest BCUT2D eigenvalue weighted by Gasteiger charge is 2.44. The van der Waals surface area contributed by atoms with Crippen molar-refractivity contribution in [1.82, 2.24) is 5.32 Å². The summed E-state index contributed by atoms with van der Waals surface area (Å²) in [6.07, 6.45) is 8.96. The molecule has 1 aliphatic carbocycles. The van der Waals surface area contributed by atoms with Crippen LogP contribution in [0.2, 0.25) is 0 Å². The van der Waals surface area contributed by atoms with Crippen LogP contribution in [-0.2, 0) is 9.47 Å². The summed E-state index contributed by atoms with van der Waals surface area (Å²) < 4.78 is 12.3. The topological polar surface area (TPSA) is 30.5 Å². The zero-order valence-corrected chi connectivity index (χ0v) is 14.5. The van der Waals surface area contributed by atoms with Gasteiger partial charge in [0.2, 0.25) is 0 Å². The molecule has 1 aliphatic heterocycles. The number of hydrogen-bond donors (Lipinski definition) is 1. The van der Waals surface area contributed by atoms with Gasteiger partial charge >= 0.3 is 0 Å². The van der Waals surface area contributed by atoms with Crippen LogP contribution in [0.15, 0.2) is 0 Å². The molecule has 1 spiro atoms. The van der Waals surface area contributed by atoms with Crippen LogP contribution >= 0.6 is 0 Å². The first-order chi connectivity index (χ1) is 10.0. The van der Waals surface area contributed by atoms with Gasteiger partial charge in [0.1, 0.15) is 0 Å². The summed E-state index contributed by atoms with van der Waals surface area (Å²) in [5.41, 5.74) is 0.0692. The Bertz CT molecular complexity index is 305. The van der Waals surface area contributed by atoms with Crippen molar-refractivity contribution in [2.45, 2.75) is 89.9 Å². The van der Waals surface area contributed by atoms with Gasteiger partial charge in [-0.2, -0.15) is 0 Å². The van der Waals surface area contributed by atoms with Crippen LogP contribution in [-0.4, -0.2) is 37.0 Å². The summed E-state index contributed by atoms with van der Waals surface area (Å²) in [6.45, 7) is 11.5. The minimum absolute atomic E-state index is 0.109. The Balaban J connectivity index is 2.08. The van der Waals surface area contributed by atoms with Crippen LogP contribution in [0.5, 0.6) is 0 Å². The van der Waals surface area contributed by atoms with E-state index in [1.165, 1.54) is 38.5 Å². The summed E-state index contributed by atoms with van der Waals surface area (Å²) >= 11 is 0. The normalized spacial score (nSPS) is 27.7. The average Bonchev–Trinajstić information content (AvgIpc) is 2.45. The van der Waals surface area contributed by atoms with Crippen molar-refractivity contribution in [2.75, 3.05) is 19.8 Å². The van der Waals surface area contributed by atoms with E-state index in [2.05, 4.69) is 33.0 Å². The molecule has 2 rings (SSSR count). The summed E-state index contributed by atoms with van der Waals surface area (Å²) in [7, 11) is 0. The average molecular weight is 297 g/mol. The standard InChI is InChI=1S/C18H35NO2/c1-5-19-16(17(3,4)20-6-2)15-10-13-21-18(14-15)11-8-7-9-12-18/h15-16,19H,5-14H2,1-4H3. The van der Waals surface area contributed by atoms with E-state index >= 15 is 0 Å². The molecule has 0 radical (unpaired) electrons. The van der Waals surface area contributed by atoms with E-state index in [9.17, 15) is 0 Å². The molecule has 0 aromatic carbocycles. The number of hydrogen-bond acceptors (Lipinski definition) is 3. The molecule has 2 aliphatic rings. The van der Waals surface area contributed by atoms with E-state index < -0.39 is 0 Å². The molecule has 3 heteroatoms. The van der Waals surface area contributed by atoms with Crippen molar-refractivity contribution in [3.63, 3.8) is 0 Å². The summed E-state index contributed by atoms with van der Waals surface area (Å²) in [5.74, 6) is 0.665. The first-order valence-corrected chi connectivity index (χ1v) is 9.04. The highest BCUT2D eigenvalue weighted by atomic mass is 16.5. The maximum atomic E-state index is 6.27. The second kappa shape index (κ2) is 7.43. The Hall–Kier alpha value is -0.120. The van der Waals surface area contributed by atoms with Gasteiger partial charge in [-0.3, -0.25) is 0 Å². The fourth-order valence-electron chi connectivity index (χ4n) is 4.56. The second-order valence-electron chi connectivity index (χ2n) is 7.42. The van der Waals surface area contributed by atoms with Gasteiger partial charge in [0.25, 0.3) is 0 Å². The number of ether oxygens (including phenoxy) is 2.